The molecule has 4 aliphatic rings. The van der Waals surface area contributed by atoms with Crippen molar-refractivity contribution in [1.29, 1.82) is 0 Å². The summed E-state index contributed by atoms with van der Waals surface area (Å²) in [6.07, 6.45) is 4.73. The molecule has 10 atom stereocenters. The van der Waals surface area contributed by atoms with Crippen LogP contribution in [0.4, 0.5) is 0 Å². The van der Waals surface area contributed by atoms with E-state index in [2.05, 4.69) is 10.6 Å². The van der Waals surface area contributed by atoms with Crippen molar-refractivity contribution >= 4 is 0 Å². The molecule has 4 fully saturated rings. The van der Waals surface area contributed by atoms with Gasteiger partial charge in [0.2, 0.25) is 0 Å². The highest BCUT2D eigenvalue weighted by molar-refractivity contribution is 5.15. The maximum atomic E-state index is 9.94. The predicted octanol–water partition coefficient (Wildman–Crippen LogP) is 4.93. The predicted molar refractivity (Wildman–Crippen MR) is 202 cm³/mol. The second-order valence-electron chi connectivity index (χ2n) is 15.9. The molecule has 2 aromatic carbocycles. The highest BCUT2D eigenvalue weighted by atomic mass is 16.9. The number of rotatable bonds is 23. The number of hydrogen-bond acceptors (Lipinski definition) is 12. The van der Waals surface area contributed by atoms with Gasteiger partial charge in [-0.1, -0.05) is 86.3 Å². The van der Waals surface area contributed by atoms with E-state index in [1.807, 2.05) is 88.4 Å². The largest absolute Gasteiger partial charge is 0.396 e. The van der Waals surface area contributed by atoms with Crippen LogP contribution in [0.3, 0.4) is 0 Å². The number of hydrogen-bond donors (Lipinski definition) is 4. The zero-order valence-electron chi connectivity index (χ0n) is 32.6. The molecule has 12 heteroatoms. The van der Waals surface area contributed by atoms with Crippen molar-refractivity contribution in [2.75, 3.05) is 26.3 Å². The van der Waals surface area contributed by atoms with Crippen molar-refractivity contribution in [3.63, 3.8) is 0 Å². The van der Waals surface area contributed by atoms with Gasteiger partial charge in [-0.2, -0.15) is 0 Å². The molecule has 0 aliphatic carbocycles. The highest BCUT2D eigenvalue weighted by Gasteiger charge is 2.58. The lowest BCUT2D eigenvalue weighted by atomic mass is 10.00. The molecule has 54 heavy (non-hydrogen) atoms. The summed E-state index contributed by atoms with van der Waals surface area (Å²) in [4.78, 5) is 0. The van der Waals surface area contributed by atoms with Crippen molar-refractivity contribution in [1.82, 2.24) is 10.6 Å². The Labute approximate surface area is 321 Å². The van der Waals surface area contributed by atoms with E-state index in [0.717, 1.165) is 62.7 Å². The fourth-order valence-corrected chi connectivity index (χ4v) is 8.14. The standard InChI is InChI=1S/C42H64N2O10/c1-41(2)51-37-35(47-27-29-17-11-9-12-18-29)33(49-39(37)53-41)31(21-25-45)43-23-15-7-5-6-8-16-24-44-32(22-26-46)34-36(48-28-30-19-13-10-14-20-30)38-40(50-34)54-42(3,4)52-38/h9-14,17-20,31-40,43-46H,5-8,15-16,21-28H2,1-4H3/t31-,32-,33?,34?,35-,36-,37+,38+,39+,40+/m0/s1. The molecule has 12 nitrogen and oxygen atoms in total. The minimum absolute atomic E-state index is 0.0494. The number of aliphatic hydroxyl groups is 2. The summed E-state index contributed by atoms with van der Waals surface area (Å²) in [7, 11) is 0. The number of unbranched alkanes of at least 4 members (excludes halogenated alkanes) is 5. The van der Waals surface area contributed by atoms with Gasteiger partial charge in [0, 0.05) is 25.3 Å². The third kappa shape index (κ3) is 11.3. The van der Waals surface area contributed by atoms with Gasteiger partial charge in [0.05, 0.1) is 13.2 Å². The molecule has 2 unspecified atom stereocenters. The Balaban J connectivity index is 0.901. The summed E-state index contributed by atoms with van der Waals surface area (Å²) >= 11 is 0. The summed E-state index contributed by atoms with van der Waals surface area (Å²) < 4.78 is 50.3. The number of nitrogens with one attached hydrogen (secondary N) is 2. The maximum absolute atomic E-state index is 9.94. The number of ether oxygens (including phenoxy) is 8. The summed E-state index contributed by atoms with van der Waals surface area (Å²) in [6.45, 7) is 10.2. The number of fused-ring (bicyclic) bond motifs is 2. The van der Waals surface area contributed by atoms with Crippen molar-refractivity contribution in [2.24, 2.45) is 0 Å². The van der Waals surface area contributed by atoms with E-state index >= 15 is 0 Å². The van der Waals surface area contributed by atoms with Crippen LogP contribution in [0, 0.1) is 0 Å². The Morgan fingerprint density at radius 1 is 0.574 bits per heavy atom. The summed E-state index contributed by atoms with van der Waals surface area (Å²) in [5.41, 5.74) is 2.17. The fraction of sp³-hybridized carbons (Fsp3) is 0.714. The molecule has 6 rings (SSSR count). The average Bonchev–Trinajstić information content (AvgIpc) is 3.84. The molecule has 4 saturated heterocycles. The zero-order chi connectivity index (χ0) is 38.0. The molecule has 4 aliphatic heterocycles. The van der Waals surface area contributed by atoms with E-state index in [0.29, 0.717) is 26.1 Å². The summed E-state index contributed by atoms with van der Waals surface area (Å²) in [5, 5.41) is 27.2. The topological polar surface area (TPSA) is 138 Å². The number of benzene rings is 2. The van der Waals surface area contributed by atoms with E-state index in [1.54, 1.807) is 0 Å². The monoisotopic (exact) mass is 756 g/mol. The minimum Gasteiger partial charge on any atom is -0.396 e. The van der Waals surface area contributed by atoms with Gasteiger partial charge in [0.1, 0.15) is 36.6 Å². The molecular weight excluding hydrogens is 692 g/mol. The molecule has 0 spiro atoms. The molecule has 0 aromatic heterocycles. The van der Waals surface area contributed by atoms with Crippen LogP contribution in [0.5, 0.6) is 0 Å². The van der Waals surface area contributed by atoms with Gasteiger partial charge in [-0.15, -0.1) is 0 Å². The van der Waals surface area contributed by atoms with Gasteiger partial charge in [0.25, 0.3) is 0 Å². The zero-order valence-corrected chi connectivity index (χ0v) is 32.6. The molecule has 0 saturated carbocycles. The van der Waals surface area contributed by atoms with E-state index in [1.165, 1.54) is 0 Å². The van der Waals surface area contributed by atoms with Crippen molar-refractivity contribution in [3.05, 3.63) is 71.8 Å². The summed E-state index contributed by atoms with van der Waals surface area (Å²) in [6, 6.07) is 20.0. The first-order valence-electron chi connectivity index (χ1n) is 20.2. The van der Waals surface area contributed by atoms with Gasteiger partial charge in [-0.05, 0) is 77.6 Å². The third-order valence-corrected chi connectivity index (χ3v) is 10.7. The van der Waals surface area contributed by atoms with E-state index < -0.39 is 24.2 Å². The lowest BCUT2D eigenvalue weighted by Crippen LogP contribution is -2.49. The van der Waals surface area contributed by atoms with E-state index in [-0.39, 0.29) is 61.9 Å². The molecule has 4 heterocycles. The van der Waals surface area contributed by atoms with Crippen LogP contribution in [0.25, 0.3) is 0 Å². The van der Waals surface area contributed by atoms with Crippen molar-refractivity contribution in [2.45, 2.75) is 165 Å². The molecule has 4 N–H and O–H groups in total. The Bertz CT molecular complexity index is 1270. The highest BCUT2D eigenvalue weighted by Crippen LogP contribution is 2.41. The lowest BCUT2D eigenvalue weighted by Gasteiger charge is -2.31. The van der Waals surface area contributed by atoms with Crippen LogP contribution in [-0.2, 0) is 51.1 Å². The van der Waals surface area contributed by atoms with E-state index in [9.17, 15) is 10.2 Å². The lowest BCUT2D eigenvalue weighted by molar-refractivity contribution is -0.223. The van der Waals surface area contributed by atoms with Gasteiger partial charge in [-0.3, -0.25) is 0 Å². The maximum Gasteiger partial charge on any atom is 0.190 e. The smallest absolute Gasteiger partial charge is 0.190 e. The molecule has 0 bridgehead atoms. The van der Waals surface area contributed by atoms with Gasteiger partial charge >= 0.3 is 0 Å². The minimum atomic E-state index is -0.738. The molecule has 2 aromatic rings. The molecular formula is C42H64N2O10. The number of aliphatic hydroxyl groups excluding tert-OH is 2. The van der Waals surface area contributed by atoms with Gasteiger partial charge in [0.15, 0.2) is 24.2 Å². The first-order valence-corrected chi connectivity index (χ1v) is 20.2. The molecule has 0 radical (unpaired) electrons. The quantitative estimate of drug-likeness (QED) is 0.115. The van der Waals surface area contributed by atoms with Crippen LogP contribution in [-0.4, -0.2) is 109 Å². The first kappa shape index (κ1) is 41.6. The Kier molecular flexibility index (Phi) is 15.3. The van der Waals surface area contributed by atoms with Gasteiger partial charge in [-0.25, -0.2) is 0 Å². The Morgan fingerprint density at radius 2 is 0.963 bits per heavy atom. The normalized spacial score (nSPS) is 30.7. The van der Waals surface area contributed by atoms with Crippen LogP contribution in [0.2, 0.25) is 0 Å². The Morgan fingerprint density at radius 3 is 1.35 bits per heavy atom. The third-order valence-electron chi connectivity index (χ3n) is 10.7. The SMILES string of the molecule is CC1(C)O[C@H]2OC([C@H](CCO)NCCCCCCCCN[C@@H](CCO)C3O[C@@H]4OC(C)(C)O[C@@H]4[C@H]3OCc3ccccc3)[C@H](OCc3ccccc3)[C@H]2O1. The van der Waals surface area contributed by atoms with Crippen LogP contribution >= 0.6 is 0 Å². The summed E-state index contributed by atoms with van der Waals surface area (Å²) in [5.74, 6) is -1.48. The second kappa shape index (κ2) is 19.9. The first-order chi connectivity index (χ1) is 26.2. The van der Waals surface area contributed by atoms with Crippen LogP contribution in [0.15, 0.2) is 60.7 Å². The van der Waals surface area contributed by atoms with Crippen LogP contribution < -0.4 is 10.6 Å². The van der Waals surface area contributed by atoms with Crippen molar-refractivity contribution < 1.29 is 48.1 Å². The van der Waals surface area contributed by atoms with Crippen molar-refractivity contribution in [3.8, 4) is 0 Å². The average molecular weight is 757 g/mol. The van der Waals surface area contributed by atoms with E-state index in [4.69, 9.17) is 37.9 Å². The fourth-order valence-electron chi connectivity index (χ4n) is 8.14. The molecule has 302 valence electrons. The Hall–Kier alpha value is -2.04. The van der Waals surface area contributed by atoms with Gasteiger partial charge < -0.3 is 58.7 Å². The van der Waals surface area contributed by atoms with Crippen LogP contribution in [0.1, 0.15) is 90.2 Å². The second-order valence-corrected chi connectivity index (χ2v) is 15.9. The molecule has 0 amide bonds.